The van der Waals surface area contributed by atoms with Crippen molar-refractivity contribution >= 4 is 11.9 Å². The number of nitrogens with one attached hydrogen (secondary N) is 1. The summed E-state index contributed by atoms with van der Waals surface area (Å²) in [4.78, 5) is 22.7. The molecule has 2 N–H and O–H groups in total. The van der Waals surface area contributed by atoms with Crippen LogP contribution in [-0.4, -0.2) is 32.8 Å². The van der Waals surface area contributed by atoms with Gasteiger partial charge in [0, 0.05) is 13.2 Å². The van der Waals surface area contributed by atoms with Crippen LogP contribution in [-0.2, 0) is 11.8 Å². The van der Waals surface area contributed by atoms with Gasteiger partial charge in [0.05, 0.1) is 11.8 Å². The van der Waals surface area contributed by atoms with E-state index in [9.17, 15) is 9.59 Å². The zero-order chi connectivity index (χ0) is 12.8. The number of aromatic nitrogens is 2. The van der Waals surface area contributed by atoms with Crippen molar-refractivity contribution in [2.75, 3.05) is 0 Å². The largest absolute Gasteiger partial charge is 0.480 e. The molecule has 0 aliphatic heterocycles. The van der Waals surface area contributed by atoms with E-state index < -0.39 is 17.9 Å². The van der Waals surface area contributed by atoms with Gasteiger partial charge < -0.3 is 10.4 Å². The predicted molar refractivity (Wildman–Crippen MR) is 61.6 cm³/mol. The number of hydrogen-bond donors (Lipinski definition) is 2. The van der Waals surface area contributed by atoms with Crippen molar-refractivity contribution in [3.05, 3.63) is 18.0 Å². The van der Waals surface area contributed by atoms with E-state index in [-0.39, 0.29) is 0 Å². The molecule has 0 spiro atoms. The molecule has 1 amide bonds. The molecule has 0 aromatic carbocycles. The SMILES string of the molecule is CCCCC(NC(=O)c1cnn(C)c1)C(=O)O. The predicted octanol–water partition coefficient (Wildman–Crippen LogP) is 0.793. The fourth-order valence-electron chi connectivity index (χ4n) is 1.45. The first-order valence-corrected chi connectivity index (χ1v) is 5.57. The third-order valence-corrected chi connectivity index (χ3v) is 2.42. The monoisotopic (exact) mass is 239 g/mol. The van der Waals surface area contributed by atoms with Gasteiger partial charge in [0.15, 0.2) is 0 Å². The maximum Gasteiger partial charge on any atom is 0.326 e. The number of carbonyl (C=O) groups excluding carboxylic acids is 1. The second-order valence-electron chi connectivity index (χ2n) is 3.91. The Hall–Kier alpha value is -1.85. The molecule has 0 fully saturated rings. The Bertz CT molecular complexity index is 400. The lowest BCUT2D eigenvalue weighted by Crippen LogP contribution is -2.40. The normalized spacial score (nSPS) is 12.1. The number of carbonyl (C=O) groups is 2. The molecule has 6 heteroatoms. The van der Waals surface area contributed by atoms with Crippen LogP contribution in [0.5, 0.6) is 0 Å². The molecule has 17 heavy (non-hydrogen) atoms. The van der Waals surface area contributed by atoms with Crippen LogP contribution in [0.25, 0.3) is 0 Å². The number of carboxylic acids is 1. The van der Waals surface area contributed by atoms with Crippen LogP contribution in [0.3, 0.4) is 0 Å². The van der Waals surface area contributed by atoms with Crippen molar-refractivity contribution in [3.63, 3.8) is 0 Å². The van der Waals surface area contributed by atoms with E-state index in [4.69, 9.17) is 5.11 Å². The van der Waals surface area contributed by atoms with E-state index in [0.29, 0.717) is 12.0 Å². The van der Waals surface area contributed by atoms with Gasteiger partial charge in [-0.2, -0.15) is 5.10 Å². The summed E-state index contributed by atoms with van der Waals surface area (Å²) in [6.45, 7) is 1.97. The second-order valence-corrected chi connectivity index (χ2v) is 3.91. The van der Waals surface area contributed by atoms with Crippen LogP contribution in [0, 0.1) is 0 Å². The first-order chi connectivity index (χ1) is 8.04. The van der Waals surface area contributed by atoms with Crippen molar-refractivity contribution in [3.8, 4) is 0 Å². The van der Waals surface area contributed by atoms with Crippen LogP contribution in [0.1, 0.15) is 36.5 Å². The van der Waals surface area contributed by atoms with Crippen LogP contribution in [0.15, 0.2) is 12.4 Å². The van der Waals surface area contributed by atoms with Gasteiger partial charge in [0.2, 0.25) is 0 Å². The van der Waals surface area contributed by atoms with Gasteiger partial charge >= 0.3 is 5.97 Å². The van der Waals surface area contributed by atoms with E-state index in [1.807, 2.05) is 6.92 Å². The molecule has 0 aliphatic rings. The number of aryl methyl sites for hydroxylation is 1. The summed E-state index contributed by atoms with van der Waals surface area (Å²) in [5, 5.41) is 15.3. The standard InChI is InChI=1S/C11H17N3O3/c1-3-4-5-9(11(16)17)13-10(15)8-6-12-14(2)7-8/h6-7,9H,3-5H2,1-2H3,(H,13,15)(H,16,17). The minimum atomic E-state index is -1.00. The lowest BCUT2D eigenvalue weighted by molar-refractivity contribution is -0.139. The van der Waals surface area contributed by atoms with Crippen LogP contribution in [0.2, 0.25) is 0 Å². The topological polar surface area (TPSA) is 84.2 Å². The Labute approximate surface area is 99.6 Å². The zero-order valence-electron chi connectivity index (χ0n) is 10.0. The lowest BCUT2D eigenvalue weighted by Gasteiger charge is -2.13. The van der Waals surface area contributed by atoms with Crippen molar-refractivity contribution in [1.29, 1.82) is 0 Å². The Kier molecular flexibility index (Phi) is 4.68. The summed E-state index contributed by atoms with van der Waals surface area (Å²) in [6, 6.07) is -0.831. The summed E-state index contributed by atoms with van der Waals surface area (Å²) in [5.74, 6) is -1.41. The minimum Gasteiger partial charge on any atom is -0.480 e. The maximum atomic E-state index is 11.7. The fourth-order valence-corrected chi connectivity index (χ4v) is 1.45. The fraction of sp³-hybridized carbons (Fsp3) is 0.545. The highest BCUT2D eigenvalue weighted by Gasteiger charge is 2.20. The average molecular weight is 239 g/mol. The molecule has 1 aromatic rings. The minimum absolute atomic E-state index is 0.371. The molecule has 0 aliphatic carbocycles. The molecule has 0 radical (unpaired) electrons. The first-order valence-electron chi connectivity index (χ1n) is 5.57. The quantitative estimate of drug-likeness (QED) is 0.768. The van der Waals surface area contributed by atoms with E-state index >= 15 is 0 Å². The number of rotatable bonds is 6. The lowest BCUT2D eigenvalue weighted by atomic mass is 10.1. The van der Waals surface area contributed by atoms with E-state index in [1.165, 1.54) is 10.9 Å². The summed E-state index contributed by atoms with van der Waals surface area (Å²) >= 11 is 0. The summed E-state index contributed by atoms with van der Waals surface area (Å²) in [6.07, 6.45) is 5.07. The Morgan fingerprint density at radius 3 is 2.76 bits per heavy atom. The smallest absolute Gasteiger partial charge is 0.326 e. The zero-order valence-corrected chi connectivity index (χ0v) is 10.0. The molecule has 1 aromatic heterocycles. The van der Waals surface area contributed by atoms with Gasteiger partial charge in [0.25, 0.3) is 5.91 Å². The summed E-state index contributed by atoms with van der Waals surface area (Å²) in [5.41, 5.74) is 0.371. The Morgan fingerprint density at radius 1 is 1.59 bits per heavy atom. The molecule has 1 unspecified atom stereocenters. The number of carboxylic acid groups (broad SMARTS) is 1. The molecular formula is C11H17N3O3. The molecule has 1 atom stereocenters. The molecule has 0 saturated heterocycles. The van der Waals surface area contributed by atoms with Gasteiger partial charge in [-0.15, -0.1) is 0 Å². The summed E-state index contributed by atoms with van der Waals surface area (Å²) in [7, 11) is 1.70. The number of hydrogen-bond acceptors (Lipinski definition) is 3. The van der Waals surface area contributed by atoms with Gasteiger partial charge in [-0.3, -0.25) is 9.48 Å². The summed E-state index contributed by atoms with van der Waals surface area (Å²) < 4.78 is 1.50. The van der Waals surface area contributed by atoms with Gasteiger partial charge in [-0.1, -0.05) is 19.8 Å². The average Bonchev–Trinajstić information content (AvgIpc) is 2.70. The Morgan fingerprint density at radius 2 is 2.29 bits per heavy atom. The molecule has 1 rings (SSSR count). The van der Waals surface area contributed by atoms with E-state index in [2.05, 4.69) is 10.4 Å². The number of amides is 1. The number of nitrogens with zero attached hydrogens (tertiary/aromatic N) is 2. The molecule has 94 valence electrons. The molecule has 1 heterocycles. The molecular weight excluding hydrogens is 222 g/mol. The number of unbranched alkanes of at least 4 members (excludes halogenated alkanes) is 1. The van der Waals surface area contributed by atoms with Gasteiger partial charge in [-0.05, 0) is 6.42 Å². The second kappa shape index (κ2) is 6.03. The van der Waals surface area contributed by atoms with Gasteiger partial charge in [-0.25, -0.2) is 4.79 Å². The van der Waals surface area contributed by atoms with Crippen LogP contribution in [0.4, 0.5) is 0 Å². The van der Waals surface area contributed by atoms with Gasteiger partial charge in [0.1, 0.15) is 6.04 Å². The molecule has 6 nitrogen and oxygen atoms in total. The highest BCUT2D eigenvalue weighted by atomic mass is 16.4. The van der Waals surface area contributed by atoms with E-state index in [1.54, 1.807) is 13.2 Å². The van der Waals surface area contributed by atoms with Crippen LogP contribution < -0.4 is 5.32 Å². The Balaban J connectivity index is 2.60. The maximum absolute atomic E-state index is 11.7. The highest BCUT2D eigenvalue weighted by Crippen LogP contribution is 2.03. The number of aliphatic carboxylic acids is 1. The van der Waals surface area contributed by atoms with Crippen molar-refractivity contribution < 1.29 is 14.7 Å². The van der Waals surface area contributed by atoms with Crippen molar-refractivity contribution in [2.45, 2.75) is 32.2 Å². The third-order valence-electron chi connectivity index (χ3n) is 2.42. The third kappa shape index (κ3) is 3.90. The van der Waals surface area contributed by atoms with Crippen molar-refractivity contribution in [2.24, 2.45) is 7.05 Å². The van der Waals surface area contributed by atoms with Crippen LogP contribution >= 0.6 is 0 Å². The first kappa shape index (κ1) is 13.2. The molecule has 0 saturated carbocycles. The van der Waals surface area contributed by atoms with E-state index in [0.717, 1.165) is 12.8 Å². The van der Waals surface area contributed by atoms with Crippen molar-refractivity contribution in [1.82, 2.24) is 15.1 Å². The molecule has 0 bridgehead atoms. The highest BCUT2D eigenvalue weighted by molar-refractivity contribution is 5.96.